The van der Waals surface area contributed by atoms with Crippen LogP contribution in [-0.2, 0) is 4.74 Å². The van der Waals surface area contributed by atoms with E-state index >= 15 is 0 Å². The number of carbonyl (C=O) groups excluding carboxylic acids is 2. The van der Waals surface area contributed by atoms with Crippen LogP contribution in [0.1, 0.15) is 34.1 Å². The van der Waals surface area contributed by atoms with Crippen LogP contribution in [0.2, 0.25) is 0 Å². The highest BCUT2D eigenvalue weighted by atomic mass is 19.3. The van der Waals surface area contributed by atoms with Gasteiger partial charge in [0, 0.05) is 50.6 Å². The van der Waals surface area contributed by atoms with E-state index in [1.807, 2.05) is 0 Å². The number of likely N-dealkylation sites (tertiary alicyclic amines) is 1. The molecule has 0 saturated carbocycles. The molecule has 3 rings (SSSR count). The predicted molar refractivity (Wildman–Crippen MR) is 135 cm³/mol. The van der Waals surface area contributed by atoms with Crippen molar-refractivity contribution in [2.45, 2.75) is 26.1 Å². The molecule has 0 spiro atoms. The number of rotatable bonds is 12. The number of carbonyl (C=O) groups is 2. The normalized spacial score (nSPS) is 14.3. The molecule has 1 fully saturated rings. The molecule has 0 radical (unpaired) electrons. The molecule has 2 amide bonds. The summed E-state index contributed by atoms with van der Waals surface area (Å²) in [5, 5.41) is 5.57. The summed E-state index contributed by atoms with van der Waals surface area (Å²) in [7, 11) is 3.24. The zero-order valence-corrected chi connectivity index (χ0v) is 20.9. The van der Waals surface area contributed by atoms with Crippen molar-refractivity contribution in [3.63, 3.8) is 0 Å². The average Bonchev–Trinajstić information content (AvgIpc) is 2.84. The van der Waals surface area contributed by atoms with Crippen molar-refractivity contribution in [1.29, 1.82) is 0 Å². The Kier molecular flexibility index (Phi) is 9.96. The molecule has 0 aliphatic carbocycles. The monoisotopic (exact) mass is 516 g/mol. The number of halogens is 2. The van der Waals surface area contributed by atoms with Gasteiger partial charge in [-0.05, 0) is 55.8 Å². The van der Waals surface area contributed by atoms with Crippen molar-refractivity contribution in [2.24, 2.45) is 4.99 Å². The maximum Gasteiger partial charge on any atom is 0.345 e. The fourth-order valence-corrected chi connectivity index (χ4v) is 3.34. The zero-order valence-electron chi connectivity index (χ0n) is 20.9. The van der Waals surface area contributed by atoms with Crippen molar-refractivity contribution in [3.05, 3.63) is 65.5 Å². The highest BCUT2D eigenvalue weighted by Crippen LogP contribution is 2.29. The largest absolute Gasteiger partial charge is 0.488 e. The van der Waals surface area contributed by atoms with Crippen LogP contribution in [0.15, 0.2) is 59.4 Å². The number of nitrogens with zero attached hydrogens (tertiary/aromatic N) is 2. The Labute approximate surface area is 214 Å². The van der Waals surface area contributed by atoms with Gasteiger partial charge in [0.25, 0.3) is 11.8 Å². The Bertz CT molecular complexity index is 1130. The number of nitrogens with one attached hydrogen (secondary N) is 2. The Morgan fingerprint density at radius 1 is 1.08 bits per heavy atom. The van der Waals surface area contributed by atoms with E-state index in [0.29, 0.717) is 17.1 Å². The van der Waals surface area contributed by atoms with Gasteiger partial charge in [0.2, 0.25) is 0 Å². The third-order valence-corrected chi connectivity index (χ3v) is 5.32. The first kappa shape index (κ1) is 27.6. The summed E-state index contributed by atoms with van der Waals surface area (Å²) >= 11 is 0. The van der Waals surface area contributed by atoms with Crippen molar-refractivity contribution in [2.75, 3.05) is 33.8 Å². The van der Waals surface area contributed by atoms with E-state index in [1.165, 1.54) is 24.4 Å². The minimum atomic E-state index is -2.92. The molecule has 198 valence electrons. The minimum absolute atomic E-state index is 0.0336. The van der Waals surface area contributed by atoms with Gasteiger partial charge in [-0.1, -0.05) is 0 Å². The standard InChI is InChI=1S/C26H30F2N4O5/c1-17(16-35-26(27)28)36-21-13-19(24(33)31-23(30-3)9-10-29-2)14-22(15-21)37-20-7-5-18(6-8-20)25(34)32-11-4-12-32/h5-10,13-15,17,26,30H,4,11-12,16H2,1-3H3,(H,31,33)/t17-/m0/s1. The van der Waals surface area contributed by atoms with Gasteiger partial charge in [-0.3, -0.25) is 14.6 Å². The average molecular weight is 517 g/mol. The SMILES string of the molecule is CN=CC=C(NC)NC(=O)c1cc(Oc2ccc(C(=O)N3CCC3)cc2)cc(O[C@@H](C)COC(F)F)c1. The van der Waals surface area contributed by atoms with Crippen LogP contribution >= 0.6 is 0 Å². The van der Waals surface area contributed by atoms with Crippen LogP contribution in [0.3, 0.4) is 0 Å². The topological polar surface area (TPSA) is 101 Å². The number of hydrogen-bond donors (Lipinski definition) is 2. The van der Waals surface area contributed by atoms with E-state index < -0.39 is 18.6 Å². The summed E-state index contributed by atoms with van der Waals surface area (Å²) in [4.78, 5) is 30.9. The predicted octanol–water partition coefficient (Wildman–Crippen LogP) is 3.82. The summed E-state index contributed by atoms with van der Waals surface area (Å²) in [5.74, 6) is 0.846. The molecule has 2 aromatic rings. The lowest BCUT2D eigenvalue weighted by Gasteiger charge is -2.30. The lowest BCUT2D eigenvalue weighted by Crippen LogP contribution is -2.41. The molecule has 37 heavy (non-hydrogen) atoms. The van der Waals surface area contributed by atoms with Crippen LogP contribution in [0.4, 0.5) is 8.78 Å². The van der Waals surface area contributed by atoms with Crippen LogP contribution in [0, 0.1) is 0 Å². The lowest BCUT2D eigenvalue weighted by molar-refractivity contribution is -0.142. The van der Waals surface area contributed by atoms with Gasteiger partial charge in [-0.15, -0.1) is 0 Å². The molecule has 0 aromatic heterocycles. The third kappa shape index (κ3) is 8.28. The van der Waals surface area contributed by atoms with Crippen molar-refractivity contribution in [1.82, 2.24) is 15.5 Å². The second-order valence-electron chi connectivity index (χ2n) is 8.18. The first-order chi connectivity index (χ1) is 17.8. The van der Waals surface area contributed by atoms with E-state index in [0.717, 1.165) is 19.5 Å². The van der Waals surface area contributed by atoms with Gasteiger partial charge < -0.3 is 29.7 Å². The highest BCUT2D eigenvalue weighted by molar-refractivity contribution is 5.96. The molecule has 1 aliphatic heterocycles. The number of amides is 2. The minimum Gasteiger partial charge on any atom is -0.488 e. The van der Waals surface area contributed by atoms with Crippen LogP contribution < -0.4 is 20.1 Å². The highest BCUT2D eigenvalue weighted by Gasteiger charge is 2.21. The molecule has 11 heteroatoms. The Morgan fingerprint density at radius 2 is 1.78 bits per heavy atom. The molecule has 0 unspecified atom stereocenters. The van der Waals surface area contributed by atoms with Crippen molar-refractivity contribution >= 4 is 18.0 Å². The fraction of sp³-hybridized carbons (Fsp3) is 0.346. The second-order valence-corrected chi connectivity index (χ2v) is 8.18. The summed E-state index contributed by atoms with van der Waals surface area (Å²) in [6.45, 7) is -0.192. The van der Waals surface area contributed by atoms with Gasteiger partial charge in [0.05, 0.1) is 6.61 Å². The van der Waals surface area contributed by atoms with Gasteiger partial charge in [0.1, 0.15) is 29.2 Å². The molecule has 1 saturated heterocycles. The number of hydrogen-bond acceptors (Lipinski definition) is 7. The Hall–Kier alpha value is -3.99. The summed E-state index contributed by atoms with van der Waals surface area (Å²) in [6.07, 6.45) is 3.39. The number of alkyl halides is 2. The van der Waals surface area contributed by atoms with E-state index in [4.69, 9.17) is 9.47 Å². The number of allylic oxidation sites excluding steroid dienone is 1. The van der Waals surface area contributed by atoms with E-state index in [9.17, 15) is 18.4 Å². The number of aliphatic imine (C=N–C) groups is 1. The molecule has 1 aliphatic rings. The second kappa shape index (κ2) is 13.4. The summed E-state index contributed by atoms with van der Waals surface area (Å²) in [5.41, 5.74) is 0.757. The van der Waals surface area contributed by atoms with Crippen molar-refractivity contribution in [3.8, 4) is 17.2 Å². The maximum atomic E-state index is 12.9. The molecule has 2 N–H and O–H groups in total. The smallest absolute Gasteiger partial charge is 0.345 e. The first-order valence-electron chi connectivity index (χ1n) is 11.7. The molecular weight excluding hydrogens is 486 g/mol. The van der Waals surface area contributed by atoms with Gasteiger partial charge in [0.15, 0.2) is 0 Å². The fourth-order valence-electron chi connectivity index (χ4n) is 3.34. The molecule has 1 heterocycles. The van der Waals surface area contributed by atoms with E-state index in [2.05, 4.69) is 20.4 Å². The Balaban J connectivity index is 1.81. The van der Waals surface area contributed by atoms with Gasteiger partial charge >= 0.3 is 6.61 Å². The summed E-state index contributed by atoms with van der Waals surface area (Å²) in [6, 6.07) is 11.2. The van der Waals surface area contributed by atoms with Gasteiger partial charge in [-0.25, -0.2) is 0 Å². The van der Waals surface area contributed by atoms with E-state index in [1.54, 1.807) is 56.3 Å². The molecular formula is C26H30F2N4O5. The van der Waals surface area contributed by atoms with Crippen LogP contribution in [-0.4, -0.2) is 69.4 Å². The lowest BCUT2D eigenvalue weighted by atomic mass is 10.1. The molecule has 2 aromatic carbocycles. The molecule has 0 bridgehead atoms. The van der Waals surface area contributed by atoms with Gasteiger partial charge in [-0.2, -0.15) is 8.78 Å². The van der Waals surface area contributed by atoms with Crippen molar-refractivity contribution < 1.29 is 32.6 Å². The quantitative estimate of drug-likeness (QED) is 0.416. The number of benzene rings is 2. The molecule has 9 nitrogen and oxygen atoms in total. The molecule has 1 atom stereocenters. The number of ether oxygens (including phenoxy) is 3. The first-order valence-corrected chi connectivity index (χ1v) is 11.7. The Morgan fingerprint density at radius 3 is 2.38 bits per heavy atom. The third-order valence-electron chi connectivity index (χ3n) is 5.32. The van der Waals surface area contributed by atoms with Crippen LogP contribution in [0.5, 0.6) is 17.2 Å². The summed E-state index contributed by atoms with van der Waals surface area (Å²) < 4.78 is 40.8. The van der Waals surface area contributed by atoms with E-state index in [-0.39, 0.29) is 29.6 Å². The van der Waals surface area contributed by atoms with Crippen LogP contribution in [0.25, 0.3) is 0 Å². The zero-order chi connectivity index (χ0) is 26.8. The maximum absolute atomic E-state index is 12.9.